The van der Waals surface area contributed by atoms with Crippen molar-refractivity contribution >= 4 is 29.9 Å². The lowest BCUT2D eigenvalue weighted by Crippen LogP contribution is -2.53. The summed E-state index contributed by atoms with van der Waals surface area (Å²) in [5.41, 5.74) is 6.45. The van der Waals surface area contributed by atoms with Crippen LogP contribution in [0.3, 0.4) is 0 Å². The summed E-state index contributed by atoms with van der Waals surface area (Å²) in [5, 5.41) is 3.72. The number of carbonyl (C=O) groups excluding carboxylic acids is 1. The van der Waals surface area contributed by atoms with E-state index in [1.165, 1.54) is 0 Å². The summed E-state index contributed by atoms with van der Waals surface area (Å²) in [4.78, 5) is 12.0. The first-order valence-corrected chi connectivity index (χ1v) is 6.67. The van der Waals surface area contributed by atoms with Gasteiger partial charge in [-0.15, -0.1) is 12.4 Å². The minimum atomic E-state index is -0.254. The van der Waals surface area contributed by atoms with E-state index in [0.29, 0.717) is 23.9 Å². The number of hydrogen-bond acceptors (Lipinski definition) is 2. The molecule has 2 rings (SSSR count). The fraction of sp³-hybridized carbons (Fsp3) is 0.500. The quantitative estimate of drug-likeness (QED) is 0.878. The molecule has 1 aromatic carbocycles. The second-order valence-corrected chi connectivity index (χ2v) is 5.69. The van der Waals surface area contributed by atoms with E-state index in [9.17, 15) is 4.79 Å². The number of nitrogens with two attached hydrogens (primary N) is 1. The molecule has 1 saturated carbocycles. The average Bonchev–Trinajstić information content (AvgIpc) is 3.12. The molecule has 3 nitrogen and oxygen atoms in total. The maximum atomic E-state index is 12.0. The predicted octanol–water partition coefficient (Wildman–Crippen LogP) is 2.55. The van der Waals surface area contributed by atoms with Crippen LogP contribution < -0.4 is 11.1 Å². The summed E-state index contributed by atoms with van der Waals surface area (Å²) in [7, 11) is 0. The first-order valence-electron chi connectivity index (χ1n) is 6.29. The molecular weight excluding hydrogens is 283 g/mol. The van der Waals surface area contributed by atoms with Crippen molar-refractivity contribution < 1.29 is 4.79 Å². The lowest BCUT2D eigenvalue weighted by atomic mass is 9.95. The van der Waals surface area contributed by atoms with Crippen LogP contribution in [-0.4, -0.2) is 18.0 Å². The topological polar surface area (TPSA) is 55.1 Å². The smallest absolute Gasteiger partial charge is 0.224 e. The molecule has 3 N–H and O–H groups in total. The Labute approximate surface area is 125 Å². The number of hydrogen-bond donors (Lipinski definition) is 2. The van der Waals surface area contributed by atoms with Crippen molar-refractivity contribution in [3.05, 3.63) is 34.9 Å². The molecule has 0 radical (unpaired) electrons. The fourth-order valence-electron chi connectivity index (χ4n) is 2.24. The predicted molar refractivity (Wildman–Crippen MR) is 80.7 cm³/mol. The molecule has 1 fully saturated rings. The standard InChI is InChI=1S/C14H19ClN2O.ClH/c1-14(9-16,11-5-6-11)17-13(18)8-10-3-2-4-12(15)7-10;/h2-4,7,11H,5-6,8-9,16H2,1H3,(H,17,18);1H. The van der Waals surface area contributed by atoms with Crippen LogP contribution in [0, 0.1) is 5.92 Å². The third-order valence-electron chi connectivity index (χ3n) is 3.58. The lowest BCUT2D eigenvalue weighted by molar-refractivity contribution is -0.122. The summed E-state index contributed by atoms with van der Waals surface area (Å²) in [6.45, 7) is 2.51. The molecule has 0 aliphatic heterocycles. The zero-order valence-corrected chi connectivity index (χ0v) is 12.6. The number of amides is 1. The van der Waals surface area contributed by atoms with Gasteiger partial charge in [0.05, 0.1) is 12.0 Å². The van der Waals surface area contributed by atoms with Crippen LogP contribution in [0.2, 0.25) is 5.02 Å². The Morgan fingerprint density at radius 2 is 2.21 bits per heavy atom. The maximum absolute atomic E-state index is 12.0. The van der Waals surface area contributed by atoms with E-state index in [1.807, 2.05) is 25.1 Å². The van der Waals surface area contributed by atoms with Crippen molar-refractivity contribution in [1.82, 2.24) is 5.32 Å². The Kier molecular flexibility index (Phi) is 5.65. The Balaban J connectivity index is 0.00000180. The van der Waals surface area contributed by atoms with Gasteiger partial charge in [0.1, 0.15) is 0 Å². The minimum absolute atomic E-state index is 0. The summed E-state index contributed by atoms with van der Waals surface area (Å²) < 4.78 is 0. The van der Waals surface area contributed by atoms with Gasteiger partial charge < -0.3 is 11.1 Å². The van der Waals surface area contributed by atoms with Gasteiger partial charge in [-0.2, -0.15) is 0 Å². The van der Waals surface area contributed by atoms with Gasteiger partial charge in [0.25, 0.3) is 0 Å². The maximum Gasteiger partial charge on any atom is 0.224 e. The normalized spacial score (nSPS) is 17.2. The van der Waals surface area contributed by atoms with Crippen molar-refractivity contribution in [3.8, 4) is 0 Å². The van der Waals surface area contributed by atoms with Crippen LogP contribution in [-0.2, 0) is 11.2 Å². The van der Waals surface area contributed by atoms with Crippen molar-refractivity contribution in [2.24, 2.45) is 11.7 Å². The van der Waals surface area contributed by atoms with E-state index in [1.54, 1.807) is 6.07 Å². The monoisotopic (exact) mass is 302 g/mol. The Morgan fingerprint density at radius 1 is 1.53 bits per heavy atom. The minimum Gasteiger partial charge on any atom is -0.349 e. The molecule has 1 aliphatic carbocycles. The highest BCUT2D eigenvalue weighted by atomic mass is 35.5. The molecule has 1 aliphatic rings. The molecule has 19 heavy (non-hydrogen) atoms. The zero-order valence-electron chi connectivity index (χ0n) is 11.0. The van der Waals surface area contributed by atoms with E-state index < -0.39 is 0 Å². The third-order valence-corrected chi connectivity index (χ3v) is 3.82. The van der Waals surface area contributed by atoms with E-state index in [0.717, 1.165) is 18.4 Å². The molecule has 1 amide bonds. The highest BCUT2D eigenvalue weighted by Crippen LogP contribution is 2.38. The molecule has 0 bridgehead atoms. The first-order chi connectivity index (χ1) is 8.53. The summed E-state index contributed by atoms with van der Waals surface area (Å²) in [6.07, 6.45) is 2.67. The van der Waals surface area contributed by atoms with Crippen LogP contribution in [0.1, 0.15) is 25.3 Å². The van der Waals surface area contributed by atoms with Gasteiger partial charge in [-0.3, -0.25) is 4.79 Å². The van der Waals surface area contributed by atoms with Crippen LogP contribution >= 0.6 is 24.0 Å². The van der Waals surface area contributed by atoms with Gasteiger partial charge in [0.15, 0.2) is 0 Å². The van der Waals surface area contributed by atoms with Gasteiger partial charge in [-0.05, 0) is 43.4 Å². The molecule has 0 heterocycles. The van der Waals surface area contributed by atoms with Crippen molar-refractivity contribution in [1.29, 1.82) is 0 Å². The molecule has 1 aromatic rings. The van der Waals surface area contributed by atoms with Crippen molar-refractivity contribution in [2.75, 3.05) is 6.54 Å². The van der Waals surface area contributed by atoms with E-state index in [2.05, 4.69) is 5.32 Å². The van der Waals surface area contributed by atoms with E-state index in [-0.39, 0.29) is 23.9 Å². The molecule has 0 saturated heterocycles. The van der Waals surface area contributed by atoms with Gasteiger partial charge in [-0.1, -0.05) is 23.7 Å². The van der Waals surface area contributed by atoms with Crippen molar-refractivity contribution in [3.63, 3.8) is 0 Å². The summed E-state index contributed by atoms with van der Waals surface area (Å²) in [6, 6.07) is 7.38. The number of rotatable bonds is 5. The Hall–Kier alpha value is -0.770. The molecular formula is C14H20Cl2N2O. The zero-order chi connectivity index (χ0) is 13.2. The summed E-state index contributed by atoms with van der Waals surface area (Å²) >= 11 is 5.90. The Morgan fingerprint density at radius 3 is 2.74 bits per heavy atom. The molecule has 106 valence electrons. The molecule has 1 unspecified atom stereocenters. The number of halogens is 2. The van der Waals surface area contributed by atoms with Crippen LogP contribution in [0.25, 0.3) is 0 Å². The molecule has 1 atom stereocenters. The average molecular weight is 303 g/mol. The largest absolute Gasteiger partial charge is 0.349 e. The van der Waals surface area contributed by atoms with Crippen molar-refractivity contribution in [2.45, 2.75) is 31.7 Å². The van der Waals surface area contributed by atoms with Crippen LogP contribution in [0.15, 0.2) is 24.3 Å². The number of nitrogens with one attached hydrogen (secondary N) is 1. The van der Waals surface area contributed by atoms with E-state index >= 15 is 0 Å². The third kappa shape index (κ3) is 4.37. The second-order valence-electron chi connectivity index (χ2n) is 5.25. The van der Waals surface area contributed by atoms with Gasteiger partial charge in [0.2, 0.25) is 5.91 Å². The van der Waals surface area contributed by atoms with Gasteiger partial charge in [0, 0.05) is 11.6 Å². The van der Waals surface area contributed by atoms with Crippen LogP contribution in [0.4, 0.5) is 0 Å². The second kappa shape index (κ2) is 6.60. The summed E-state index contributed by atoms with van der Waals surface area (Å²) in [5.74, 6) is 0.544. The molecule has 0 spiro atoms. The van der Waals surface area contributed by atoms with Crippen LogP contribution in [0.5, 0.6) is 0 Å². The SMILES string of the molecule is CC(CN)(NC(=O)Cc1cccc(Cl)c1)C1CC1.Cl. The number of benzene rings is 1. The van der Waals surface area contributed by atoms with Gasteiger partial charge >= 0.3 is 0 Å². The lowest BCUT2D eigenvalue weighted by Gasteiger charge is -2.29. The van der Waals surface area contributed by atoms with E-state index in [4.69, 9.17) is 17.3 Å². The number of carbonyl (C=O) groups is 1. The fourth-order valence-corrected chi connectivity index (χ4v) is 2.45. The van der Waals surface area contributed by atoms with Gasteiger partial charge in [-0.25, -0.2) is 0 Å². The highest BCUT2D eigenvalue weighted by Gasteiger charge is 2.41. The highest BCUT2D eigenvalue weighted by molar-refractivity contribution is 6.30. The Bertz CT molecular complexity index is 449. The molecule has 5 heteroatoms. The first kappa shape index (κ1) is 16.3. The molecule has 0 aromatic heterocycles.